The van der Waals surface area contributed by atoms with E-state index in [-0.39, 0.29) is 6.54 Å². The van der Waals surface area contributed by atoms with Crippen LogP contribution in [0.15, 0.2) is 16.8 Å². The molecule has 2 nitrogen and oxygen atoms in total. The lowest BCUT2D eigenvalue weighted by Gasteiger charge is -2.13. The van der Waals surface area contributed by atoms with Crippen LogP contribution in [0.5, 0.6) is 0 Å². The predicted molar refractivity (Wildman–Crippen MR) is 56.1 cm³/mol. The van der Waals surface area contributed by atoms with Crippen LogP contribution in [-0.4, -0.2) is 19.3 Å². The lowest BCUT2D eigenvalue weighted by Crippen LogP contribution is -2.33. The molecule has 0 bridgehead atoms. The van der Waals surface area contributed by atoms with Gasteiger partial charge in [-0.1, -0.05) is 0 Å². The Bertz CT molecular complexity index is 340. The lowest BCUT2D eigenvalue weighted by atomic mass is 10.1. The van der Waals surface area contributed by atoms with E-state index < -0.39 is 12.1 Å². The third kappa shape index (κ3) is 4.21. The molecule has 1 heterocycles. The van der Waals surface area contributed by atoms with E-state index in [1.165, 1.54) is 6.07 Å². The highest BCUT2D eigenvalue weighted by Crippen LogP contribution is 2.24. The Morgan fingerprint density at radius 3 is 2.75 bits per heavy atom. The summed E-state index contributed by atoms with van der Waals surface area (Å²) in [6, 6.07) is 3.18. The first kappa shape index (κ1) is 13.0. The maximum absolute atomic E-state index is 12.2. The number of thiophene rings is 1. The fourth-order valence-electron chi connectivity index (χ4n) is 1.15. The molecular weight excluding hydrogens is 237 g/mol. The van der Waals surface area contributed by atoms with Crippen LogP contribution in [0, 0.1) is 17.2 Å². The fraction of sp³-hybridized carbons (Fsp3) is 0.500. The molecule has 1 N–H and O–H groups in total. The highest BCUT2D eigenvalue weighted by Gasteiger charge is 2.39. The van der Waals surface area contributed by atoms with Crippen LogP contribution >= 0.6 is 11.3 Å². The van der Waals surface area contributed by atoms with E-state index >= 15 is 0 Å². The summed E-state index contributed by atoms with van der Waals surface area (Å²) in [6.45, 7) is 0.106. The summed E-state index contributed by atoms with van der Waals surface area (Å²) in [7, 11) is 0. The van der Waals surface area contributed by atoms with Crippen LogP contribution in [0.4, 0.5) is 13.2 Å². The molecule has 0 aliphatic heterocycles. The number of alkyl halides is 3. The minimum atomic E-state index is -4.44. The maximum Gasteiger partial charge on any atom is 0.405 e. The molecule has 0 fully saturated rings. The van der Waals surface area contributed by atoms with Crippen LogP contribution in [0.3, 0.4) is 0 Å². The zero-order chi connectivity index (χ0) is 12.0. The van der Waals surface area contributed by atoms with Crippen molar-refractivity contribution in [3.63, 3.8) is 0 Å². The highest BCUT2D eigenvalue weighted by molar-refractivity contribution is 7.07. The molecule has 0 aromatic carbocycles. The first-order valence-corrected chi connectivity index (χ1v) is 5.66. The van der Waals surface area contributed by atoms with Gasteiger partial charge >= 0.3 is 6.18 Å². The quantitative estimate of drug-likeness (QED) is 0.813. The molecule has 0 aliphatic carbocycles. The van der Waals surface area contributed by atoms with Crippen molar-refractivity contribution in [1.29, 1.82) is 5.26 Å². The van der Waals surface area contributed by atoms with Gasteiger partial charge in [-0.3, -0.25) is 0 Å². The number of halogens is 3. The van der Waals surface area contributed by atoms with Crippen molar-refractivity contribution in [2.24, 2.45) is 5.92 Å². The fourth-order valence-corrected chi connectivity index (χ4v) is 1.85. The average Bonchev–Trinajstić information content (AvgIpc) is 2.68. The van der Waals surface area contributed by atoms with E-state index in [4.69, 9.17) is 5.26 Å². The SMILES string of the molecule is N#CC(CNCCc1ccsc1)C(F)(F)F. The molecule has 1 unspecified atom stereocenters. The van der Waals surface area contributed by atoms with Crippen molar-refractivity contribution in [1.82, 2.24) is 5.32 Å². The molecule has 0 aliphatic rings. The number of hydrogen-bond acceptors (Lipinski definition) is 3. The van der Waals surface area contributed by atoms with Gasteiger partial charge in [-0.15, -0.1) is 0 Å². The highest BCUT2D eigenvalue weighted by atomic mass is 32.1. The predicted octanol–water partition coefficient (Wildman–Crippen LogP) is 2.58. The van der Waals surface area contributed by atoms with Gasteiger partial charge in [0, 0.05) is 6.54 Å². The summed E-state index contributed by atoms with van der Waals surface area (Å²) < 4.78 is 36.5. The number of nitrogens with zero attached hydrogens (tertiary/aromatic N) is 1. The smallest absolute Gasteiger partial charge is 0.315 e. The first-order valence-electron chi connectivity index (χ1n) is 4.72. The molecule has 0 saturated heterocycles. The Morgan fingerprint density at radius 1 is 1.50 bits per heavy atom. The maximum atomic E-state index is 12.2. The number of nitriles is 1. The van der Waals surface area contributed by atoms with E-state index in [0.717, 1.165) is 5.56 Å². The Kier molecular flexibility index (Phi) is 4.77. The second-order valence-corrected chi connectivity index (χ2v) is 4.09. The van der Waals surface area contributed by atoms with Crippen LogP contribution in [-0.2, 0) is 6.42 Å². The molecule has 88 valence electrons. The lowest BCUT2D eigenvalue weighted by molar-refractivity contribution is -0.157. The molecule has 1 rings (SSSR count). The molecule has 1 aromatic heterocycles. The second-order valence-electron chi connectivity index (χ2n) is 3.31. The molecule has 1 aromatic rings. The van der Waals surface area contributed by atoms with Crippen LogP contribution < -0.4 is 5.32 Å². The average molecular weight is 248 g/mol. The number of nitrogens with one attached hydrogen (secondary N) is 1. The van der Waals surface area contributed by atoms with Gasteiger partial charge in [0.25, 0.3) is 0 Å². The Hall–Kier alpha value is -1.06. The van der Waals surface area contributed by atoms with Crippen molar-refractivity contribution in [2.45, 2.75) is 12.6 Å². The zero-order valence-electron chi connectivity index (χ0n) is 8.42. The largest absolute Gasteiger partial charge is 0.405 e. The zero-order valence-corrected chi connectivity index (χ0v) is 9.24. The van der Waals surface area contributed by atoms with Crippen molar-refractivity contribution in [3.05, 3.63) is 22.4 Å². The summed E-state index contributed by atoms with van der Waals surface area (Å²) in [6.07, 6.45) is -3.76. The minimum absolute atomic E-state index is 0.343. The van der Waals surface area contributed by atoms with Gasteiger partial charge in [0.15, 0.2) is 5.92 Å². The summed E-state index contributed by atoms with van der Waals surface area (Å²) in [5.74, 6) is -1.92. The Balaban J connectivity index is 2.22. The van der Waals surface area contributed by atoms with Crippen LogP contribution in [0.25, 0.3) is 0 Å². The van der Waals surface area contributed by atoms with Gasteiger partial charge in [0.1, 0.15) is 0 Å². The van der Waals surface area contributed by atoms with E-state index in [1.807, 2.05) is 16.8 Å². The van der Waals surface area contributed by atoms with Gasteiger partial charge in [-0.25, -0.2) is 0 Å². The first-order chi connectivity index (χ1) is 7.54. The topological polar surface area (TPSA) is 35.8 Å². The monoisotopic (exact) mass is 248 g/mol. The molecule has 0 saturated carbocycles. The van der Waals surface area contributed by atoms with Crippen molar-refractivity contribution >= 4 is 11.3 Å². The van der Waals surface area contributed by atoms with E-state index in [2.05, 4.69) is 5.32 Å². The van der Waals surface area contributed by atoms with Crippen LogP contribution in [0.2, 0.25) is 0 Å². The normalized spacial score (nSPS) is 13.4. The van der Waals surface area contributed by atoms with Crippen LogP contribution in [0.1, 0.15) is 5.56 Å². The molecule has 0 radical (unpaired) electrons. The van der Waals surface area contributed by atoms with Gasteiger partial charge in [-0.05, 0) is 35.4 Å². The van der Waals surface area contributed by atoms with Gasteiger partial charge in [0.2, 0.25) is 0 Å². The molecule has 0 spiro atoms. The molecule has 16 heavy (non-hydrogen) atoms. The number of rotatable bonds is 5. The second kappa shape index (κ2) is 5.87. The van der Waals surface area contributed by atoms with Gasteiger partial charge in [0.05, 0.1) is 6.07 Å². The summed E-state index contributed by atoms with van der Waals surface area (Å²) in [4.78, 5) is 0. The van der Waals surface area contributed by atoms with E-state index in [0.29, 0.717) is 13.0 Å². The minimum Gasteiger partial charge on any atom is -0.315 e. The van der Waals surface area contributed by atoms with Crippen molar-refractivity contribution in [2.75, 3.05) is 13.1 Å². The Labute approximate surface area is 95.7 Å². The Morgan fingerprint density at radius 2 is 2.25 bits per heavy atom. The third-order valence-corrected chi connectivity index (χ3v) is 2.80. The summed E-state index contributed by atoms with van der Waals surface area (Å²) in [5.41, 5.74) is 1.10. The third-order valence-electron chi connectivity index (χ3n) is 2.07. The molecular formula is C10H11F3N2S. The van der Waals surface area contributed by atoms with Gasteiger partial charge < -0.3 is 5.32 Å². The van der Waals surface area contributed by atoms with Crippen molar-refractivity contribution < 1.29 is 13.2 Å². The molecule has 6 heteroatoms. The molecule has 0 amide bonds. The molecule has 1 atom stereocenters. The van der Waals surface area contributed by atoms with Gasteiger partial charge in [-0.2, -0.15) is 29.8 Å². The van der Waals surface area contributed by atoms with E-state index in [1.54, 1.807) is 11.3 Å². The summed E-state index contributed by atoms with van der Waals surface area (Å²) >= 11 is 1.55. The van der Waals surface area contributed by atoms with E-state index in [9.17, 15) is 13.2 Å². The van der Waals surface area contributed by atoms with Crippen molar-refractivity contribution in [3.8, 4) is 6.07 Å². The number of hydrogen-bond donors (Lipinski definition) is 1. The standard InChI is InChI=1S/C10H11F3N2S/c11-10(12,13)9(5-14)6-15-3-1-8-2-4-16-7-8/h2,4,7,9,15H,1,3,6H2. The summed E-state index contributed by atoms with van der Waals surface area (Å²) in [5, 5.41) is 14.9.